The van der Waals surface area contributed by atoms with Crippen molar-refractivity contribution in [1.29, 1.82) is 0 Å². The van der Waals surface area contributed by atoms with Crippen LogP contribution >= 0.6 is 0 Å². The number of hydrazine groups is 1. The normalized spacial score (nSPS) is 15.0. The van der Waals surface area contributed by atoms with Gasteiger partial charge >= 0.3 is 0 Å². The van der Waals surface area contributed by atoms with E-state index in [1.807, 2.05) is 4.90 Å². The van der Waals surface area contributed by atoms with Crippen LogP contribution in [0.4, 0.5) is 51.2 Å². The van der Waals surface area contributed by atoms with Gasteiger partial charge in [-0.05, 0) is 144 Å². The smallest absolute Gasteiger partial charge is 0.227 e. The molecule has 0 aliphatic carbocycles. The molecule has 1 N–H and O–H groups in total. The van der Waals surface area contributed by atoms with Gasteiger partial charge in [-0.1, -0.05) is 136 Å². The predicted molar refractivity (Wildman–Crippen MR) is 297 cm³/mol. The molecule has 1 fully saturated rings. The van der Waals surface area contributed by atoms with Gasteiger partial charge in [0.1, 0.15) is 0 Å². The Morgan fingerprint density at radius 1 is 0.592 bits per heavy atom. The van der Waals surface area contributed by atoms with Crippen LogP contribution in [0.1, 0.15) is 53.0 Å². The van der Waals surface area contributed by atoms with E-state index in [9.17, 15) is 4.79 Å². The largest absolute Gasteiger partial charge is 0.593 e. The van der Waals surface area contributed by atoms with E-state index in [4.69, 9.17) is 5.10 Å². The monoisotopic (exact) mass is 930 g/mol. The summed E-state index contributed by atoms with van der Waals surface area (Å²) < 4.78 is 2.22. The zero-order chi connectivity index (χ0) is 48.6. The van der Waals surface area contributed by atoms with E-state index in [2.05, 4.69) is 260 Å². The summed E-state index contributed by atoms with van der Waals surface area (Å²) in [6.45, 7) is 13.2. The van der Waals surface area contributed by atoms with Crippen molar-refractivity contribution in [2.75, 3.05) is 38.2 Å². The third kappa shape index (κ3) is 8.75. The van der Waals surface area contributed by atoms with Gasteiger partial charge in [0, 0.05) is 76.0 Å². The van der Waals surface area contributed by atoms with Crippen molar-refractivity contribution in [3.8, 4) is 22.3 Å². The molecule has 0 unspecified atom stereocenters. The minimum Gasteiger partial charge on any atom is -0.593 e. The maximum Gasteiger partial charge on any atom is 0.227 e. The number of rotatable bonds is 12. The van der Waals surface area contributed by atoms with E-state index in [0.717, 1.165) is 110 Å². The van der Waals surface area contributed by atoms with E-state index in [1.165, 1.54) is 5.57 Å². The van der Waals surface area contributed by atoms with Crippen LogP contribution in [-0.2, 0) is 11.3 Å². The first-order valence-corrected chi connectivity index (χ1v) is 25.0. The lowest BCUT2D eigenvalue weighted by Gasteiger charge is -2.42. The second-order valence-corrected chi connectivity index (χ2v) is 20.0. The molecule has 1 aromatic heterocycles. The molecule has 11 rings (SSSR count). The molecular weight excluding hydrogens is 871 g/mol. The first-order valence-electron chi connectivity index (χ1n) is 25.0. The van der Waals surface area contributed by atoms with E-state index in [1.54, 1.807) is 0 Å². The summed E-state index contributed by atoms with van der Waals surface area (Å²) in [6.07, 6.45) is 3.79. The molecule has 1 saturated heterocycles. The van der Waals surface area contributed by atoms with E-state index >= 15 is 0 Å². The second-order valence-electron chi connectivity index (χ2n) is 20.0. The van der Waals surface area contributed by atoms with Crippen molar-refractivity contribution >= 4 is 73.7 Å². The molecule has 0 radical (unpaired) electrons. The fourth-order valence-corrected chi connectivity index (χ4v) is 10.5. The Labute approximate surface area is 418 Å². The Balaban J connectivity index is 1.07. The van der Waals surface area contributed by atoms with Crippen molar-refractivity contribution in [3.05, 3.63) is 206 Å². The first-order chi connectivity index (χ1) is 34.6. The molecule has 0 bridgehead atoms. The van der Waals surface area contributed by atoms with Crippen LogP contribution < -0.4 is 30.2 Å². The van der Waals surface area contributed by atoms with Crippen molar-refractivity contribution in [2.45, 2.75) is 54.0 Å². The van der Waals surface area contributed by atoms with Gasteiger partial charge in [0.2, 0.25) is 5.91 Å². The van der Waals surface area contributed by atoms with Crippen molar-refractivity contribution in [1.82, 2.24) is 9.78 Å². The number of aromatic nitrogens is 2. The number of fused-ring (bicyclic) bond motifs is 2. The summed E-state index contributed by atoms with van der Waals surface area (Å²) in [5.74, 6) is 0.559. The third-order valence-electron chi connectivity index (χ3n) is 14.0. The van der Waals surface area contributed by atoms with E-state index in [-0.39, 0.29) is 11.3 Å². The summed E-state index contributed by atoms with van der Waals surface area (Å²) in [5.41, 5.74) is 22.5. The number of piperidine rings is 1. The molecular formula is C63H60N7O-. The minimum absolute atomic E-state index is 0.0214. The van der Waals surface area contributed by atoms with Crippen LogP contribution in [0.25, 0.3) is 38.9 Å². The number of nitrogens with one attached hydrogen (secondary N) is 1. The Bertz CT molecular complexity index is 3240. The van der Waals surface area contributed by atoms with Gasteiger partial charge < -0.3 is 24.5 Å². The standard InChI is InChI=1S/C63H60N7O/c1-6-45-43-67(49-37-35-48(36-38-49)66-40-39-63(4,5)41-56(66)71)64-60-57(45)58(46-27-31-54(32-28-46)69(50-19-11-7-12-20-50)51-21-13-8-14-22-51)61-62(68(65-61)42-44(2)3)59(60)47-29-33-55(34-30-47)70(52-23-15-9-16-24-52)53-25-17-10-18-26-53/h6-38,44,64H,39-43H2,1-5H3/q-1/b45-6-. The molecule has 8 nitrogen and oxygen atoms in total. The maximum absolute atomic E-state index is 13.4. The predicted octanol–water partition coefficient (Wildman–Crippen LogP) is 15.9. The molecule has 354 valence electrons. The number of anilines is 9. The van der Waals surface area contributed by atoms with Gasteiger partial charge in [0.05, 0.1) is 17.9 Å². The highest BCUT2D eigenvalue weighted by molar-refractivity contribution is 6.15. The molecule has 0 saturated carbocycles. The number of hydrogen-bond donors (Lipinski definition) is 1. The number of hydrogen-bond acceptors (Lipinski definition) is 5. The first kappa shape index (κ1) is 45.2. The summed E-state index contributed by atoms with van der Waals surface area (Å²) in [6, 6.07) is 68.8. The number of amides is 1. The van der Waals surface area contributed by atoms with Gasteiger partial charge in [0.15, 0.2) is 0 Å². The lowest BCUT2D eigenvalue weighted by Crippen LogP contribution is -2.42. The van der Waals surface area contributed by atoms with Crippen LogP contribution in [0.3, 0.4) is 0 Å². The molecule has 2 aliphatic rings. The second kappa shape index (κ2) is 18.9. The number of benzene rings is 8. The maximum atomic E-state index is 13.4. The average Bonchev–Trinajstić information content (AvgIpc) is 3.39. The highest BCUT2D eigenvalue weighted by atomic mass is 16.2. The number of para-hydroxylation sites is 4. The third-order valence-corrected chi connectivity index (χ3v) is 14.0. The number of nitrogens with zero attached hydrogens (tertiary/aromatic N) is 6. The van der Waals surface area contributed by atoms with Crippen molar-refractivity contribution < 1.29 is 4.79 Å². The zero-order valence-corrected chi connectivity index (χ0v) is 41.3. The topological polar surface area (TPSA) is 61.1 Å². The van der Waals surface area contributed by atoms with E-state index < -0.39 is 0 Å². The number of carbonyl (C=O) groups is 1. The summed E-state index contributed by atoms with van der Waals surface area (Å²) in [7, 11) is 0. The van der Waals surface area contributed by atoms with Gasteiger partial charge in [0.25, 0.3) is 0 Å². The van der Waals surface area contributed by atoms with Crippen LogP contribution in [0.2, 0.25) is 0 Å². The highest BCUT2D eigenvalue weighted by Crippen LogP contribution is 2.51. The Kier molecular flexibility index (Phi) is 12.1. The van der Waals surface area contributed by atoms with Gasteiger partial charge in [-0.3, -0.25) is 15.2 Å². The van der Waals surface area contributed by atoms with Crippen LogP contribution in [0.5, 0.6) is 0 Å². The molecule has 9 aromatic rings. The van der Waals surface area contributed by atoms with Crippen LogP contribution in [0, 0.1) is 11.3 Å². The molecule has 8 aromatic carbocycles. The fraction of sp³-hybridized carbons (Fsp3) is 0.190. The quantitative estimate of drug-likeness (QED) is 0.132. The van der Waals surface area contributed by atoms with Crippen molar-refractivity contribution in [2.24, 2.45) is 11.3 Å². The van der Waals surface area contributed by atoms with Gasteiger partial charge in [-0.2, -0.15) is 0 Å². The molecule has 2 aliphatic heterocycles. The Hall–Kier alpha value is -8.23. The Morgan fingerprint density at radius 2 is 1.04 bits per heavy atom. The van der Waals surface area contributed by atoms with E-state index in [0.29, 0.717) is 18.9 Å². The summed E-state index contributed by atoms with van der Waals surface area (Å²) in [5, 5.41) is 7.66. The zero-order valence-electron chi connectivity index (χ0n) is 41.3. The highest BCUT2D eigenvalue weighted by Gasteiger charge is 2.33. The SMILES string of the molecule is C/C=C1/CN(c2ccc(N3CCC(C)(C)CC3=O)cc2)Nc2c1c(-c1ccc(N(c3ccccc3)c3ccccc3)cc1)c1[n-]n(CC(C)C)c1c2-c1ccc(N(c2ccccc2)c2ccccc2)cc1. The summed E-state index contributed by atoms with van der Waals surface area (Å²) >= 11 is 0. The fourth-order valence-electron chi connectivity index (χ4n) is 10.5. The molecule has 0 atom stereocenters. The van der Waals surface area contributed by atoms with Gasteiger partial charge in [-0.15, -0.1) is 0 Å². The number of carbonyl (C=O) groups excluding carboxylic acids is 1. The van der Waals surface area contributed by atoms with Crippen LogP contribution in [0.15, 0.2) is 200 Å². The lowest BCUT2D eigenvalue weighted by molar-refractivity contribution is -0.122. The molecule has 8 heteroatoms. The average molecular weight is 931 g/mol. The number of allylic oxidation sites excluding steroid dienone is 1. The molecule has 71 heavy (non-hydrogen) atoms. The summed E-state index contributed by atoms with van der Waals surface area (Å²) in [4.78, 5) is 19.9. The molecule has 1 amide bonds. The minimum atomic E-state index is 0.0214. The van der Waals surface area contributed by atoms with Gasteiger partial charge in [-0.25, -0.2) is 0 Å². The van der Waals surface area contributed by atoms with Crippen molar-refractivity contribution in [3.63, 3.8) is 0 Å². The lowest BCUT2D eigenvalue weighted by atomic mass is 9.82. The van der Waals surface area contributed by atoms with Crippen LogP contribution in [-0.4, -0.2) is 23.7 Å². The Morgan fingerprint density at radius 3 is 1.49 bits per heavy atom. The molecule has 0 spiro atoms. The molecule has 3 heterocycles.